The van der Waals surface area contributed by atoms with E-state index in [1.54, 1.807) is 12.4 Å². The molecule has 7 nitrogen and oxygen atoms in total. The molecule has 2 aromatic rings. The molecule has 0 N–H and O–H groups in total. The van der Waals surface area contributed by atoms with Crippen LogP contribution in [0.2, 0.25) is 0 Å². The number of anilines is 2. The smallest absolute Gasteiger partial charge is 0.406 e. The van der Waals surface area contributed by atoms with Crippen molar-refractivity contribution < 1.29 is 27.5 Å². The van der Waals surface area contributed by atoms with Crippen molar-refractivity contribution in [2.75, 3.05) is 29.4 Å². The van der Waals surface area contributed by atoms with E-state index in [-0.39, 0.29) is 18.8 Å². The molecule has 0 radical (unpaired) electrons. The van der Waals surface area contributed by atoms with Crippen LogP contribution in [0, 0.1) is 0 Å². The Hall–Kier alpha value is -3.30. The number of hydrogen-bond donors (Lipinski definition) is 0. The largest absolute Gasteiger partial charge is 0.573 e. The highest BCUT2D eigenvalue weighted by atomic mass is 19.4. The van der Waals surface area contributed by atoms with Crippen LogP contribution in [0.4, 0.5) is 29.3 Å². The van der Waals surface area contributed by atoms with E-state index in [1.165, 1.54) is 23.5 Å². The third kappa shape index (κ3) is 4.73. The third-order valence-corrected chi connectivity index (χ3v) is 5.31. The number of halogens is 3. The van der Waals surface area contributed by atoms with E-state index < -0.39 is 24.1 Å². The predicted molar refractivity (Wildman–Crippen MR) is 107 cm³/mol. The first-order valence-electron chi connectivity index (χ1n) is 9.97. The third-order valence-electron chi connectivity index (χ3n) is 5.31. The molecule has 0 aliphatic carbocycles. The summed E-state index contributed by atoms with van der Waals surface area (Å²) in [5.41, 5.74) is 2.04. The van der Waals surface area contributed by atoms with Gasteiger partial charge in [0, 0.05) is 19.3 Å². The lowest BCUT2D eigenvalue weighted by Crippen LogP contribution is -2.34. The second-order valence-corrected chi connectivity index (χ2v) is 7.46. The SMILES string of the molecule is O=C1CN(Cc2ccncc2N2CCCCC2)C(=O)N1c1ccc(OC(F)(F)F)cc1. The van der Waals surface area contributed by atoms with Gasteiger partial charge in [0.25, 0.3) is 5.91 Å². The highest BCUT2D eigenvalue weighted by molar-refractivity contribution is 6.19. The Labute approximate surface area is 177 Å². The fraction of sp³-hybridized carbons (Fsp3) is 0.381. The van der Waals surface area contributed by atoms with Crippen LogP contribution in [0.25, 0.3) is 0 Å². The molecule has 1 aromatic carbocycles. The van der Waals surface area contributed by atoms with E-state index in [1.807, 2.05) is 6.07 Å². The molecule has 0 saturated carbocycles. The average molecular weight is 434 g/mol. The average Bonchev–Trinajstić information content (AvgIpc) is 3.02. The van der Waals surface area contributed by atoms with Crippen LogP contribution in [0.1, 0.15) is 24.8 Å². The normalized spacial score (nSPS) is 17.5. The maximum atomic E-state index is 12.9. The Morgan fingerprint density at radius 3 is 2.39 bits per heavy atom. The Bertz CT molecular complexity index is 959. The number of amides is 3. The number of hydrogen-bond acceptors (Lipinski definition) is 5. The van der Waals surface area contributed by atoms with Gasteiger partial charge in [-0.2, -0.15) is 0 Å². The van der Waals surface area contributed by atoms with Gasteiger partial charge in [-0.1, -0.05) is 0 Å². The van der Waals surface area contributed by atoms with E-state index in [0.717, 1.165) is 54.2 Å². The molecule has 0 spiro atoms. The minimum Gasteiger partial charge on any atom is -0.406 e. The number of ether oxygens (including phenoxy) is 1. The number of urea groups is 1. The van der Waals surface area contributed by atoms with Gasteiger partial charge in [0.1, 0.15) is 12.3 Å². The number of carbonyl (C=O) groups excluding carboxylic acids is 2. The lowest BCUT2D eigenvalue weighted by atomic mass is 10.1. The molecule has 164 valence electrons. The second kappa shape index (κ2) is 8.44. The Morgan fingerprint density at radius 2 is 1.71 bits per heavy atom. The van der Waals surface area contributed by atoms with E-state index >= 15 is 0 Å². The van der Waals surface area contributed by atoms with Crippen molar-refractivity contribution in [1.82, 2.24) is 9.88 Å². The van der Waals surface area contributed by atoms with Crippen molar-refractivity contribution in [2.45, 2.75) is 32.2 Å². The number of pyridine rings is 1. The highest BCUT2D eigenvalue weighted by Gasteiger charge is 2.38. The fourth-order valence-electron chi connectivity index (χ4n) is 3.90. The molecule has 2 aliphatic rings. The Kier molecular flexibility index (Phi) is 5.71. The van der Waals surface area contributed by atoms with E-state index in [4.69, 9.17) is 0 Å². The molecule has 4 rings (SSSR count). The maximum absolute atomic E-state index is 12.9. The van der Waals surface area contributed by atoms with Crippen LogP contribution >= 0.6 is 0 Å². The first-order chi connectivity index (χ1) is 14.8. The zero-order valence-electron chi connectivity index (χ0n) is 16.6. The summed E-state index contributed by atoms with van der Waals surface area (Å²) in [4.78, 5) is 34.3. The summed E-state index contributed by atoms with van der Waals surface area (Å²) in [5.74, 6) is -0.863. The second-order valence-electron chi connectivity index (χ2n) is 7.46. The predicted octanol–water partition coefficient (Wildman–Crippen LogP) is 3.94. The Balaban J connectivity index is 1.49. The standard InChI is InChI=1S/C21H21F3N4O3/c22-21(23,24)31-17-6-4-16(5-7-17)28-19(29)14-27(20(28)30)13-15-8-9-25-12-18(15)26-10-2-1-3-11-26/h4-9,12H,1-3,10-11,13-14H2. The molecule has 3 amide bonds. The summed E-state index contributed by atoms with van der Waals surface area (Å²) in [7, 11) is 0. The van der Waals surface area contributed by atoms with Crippen molar-refractivity contribution >= 4 is 23.3 Å². The molecular weight excluding hydrogens is 413 g/mol. The summed E-state index contributed by atoms with van der Waals surface area (Å²) in [5, 5.41) is 0. The topological polar surface area (TPSA) is 66.0 Å². The van der Waals surface area contributed by atoms with E-state index in [0.29, 0.717) is 0 Å². The number of imide groups is 1. The summed E-state index contributed by atoms with van der Waals surface area (Å²) >= 11 is 0. The van der Waals surface area contributed by atoms with Gasteiger partial charge in [0.15, 0.2) is 0 Å². The van der Waals surface area contributed by atoms with E-state index in [9.17, 15) is 22.8 Å². The molecule has 1 aromatic heterocycles. The molecule has 2 aliphatic heterocycles. The van der Waals surface area contributed by atoms with Gasteiger partial charge in [0.05, 0.1) is 24.1 Å². The fourth-order valence-corrected chi connectivity index (χ4v) is 3.90. The van der Waals surface area contributed by atoms with Crippen molar-refractivity contribution in [1.29, 1.82) is 0 Å². The number of piperidine rings is 1. The van der Waals surface area contributed by atoms with Gasteiger partial charge in [0.2, 0.25) is 0 Å². The maximum Gasteiger partial charge on any atom is 0.573 e. The quantitative estimate of drug-likeness (QED) is 0.667. The van der Waals surface area contributed by atoms with Gasteiger partial charge in [-0.15, -0.1) is 13.2 Å². The lowest BCUT2D eigenvalue weighted by Gasteiger charge is -2.31. The van der Waals surface area contributed by atoms with Crippen LogP contribution in [-0.2, 0) is 11.3 Å². The number of benzene rings is 1. The number of alkyl halides is 3. The van der Waals surface area contributed by atoms with Gasteiger partial charge < -0.3 is 14.5 Å². The molecule has 0 bridgehead atoms. The van der Waals surface area contributed by atoms with Gasteiger partial charge in [-0.05, 0) is 55.2 Å². The van der Waals surface area contributed by atoms with Gasteiger partial charge in [-0.25, -0.2) is 9.69 Å². The minimum absolute atomic E-state index is 0.110. The summed E-state index contributed by atoms with van der Waals surface area (Å²) in [6, 6.07) is 5.98. The van der Waals surface area contributed by atoms with E-state index in [2.05, 4.69) is 14.6 Å². The molecule has 2 saturated heterocycles. The summed E-state index contributed by atoms with van der Waals surface area (Å²) in [6.45, 7) is 1.97. The van der Waals surface area contributed by atoms with Crippen LogP contribution < -0.4 is 14.5 Å². The minimum atomic E-state index is -4.81. The molecule has 3 heterocycles. The number of nitrogens with zero attached hydrogens (tertiary/aromatic N) is 4. The van der Waals surface area contributed by atoms with Crippen molar-refractivity contribution in [2.24, 2.45) is 0 Å². The Morgan fingerprint density at radius 1 is 1.00 bits per heavy atom. The van der Waals surface area contributed by atoms with Crippen LogP contribution in [0.15, 0.2) is 42.7 Å². The number of carbonyl (C=O) groups is 2. The lowest BCUT2D eigenvalue weighted by molar-refractivity contribution is -0.274. The molecular formula is C21H21F3N4O3. The molecule has 10 heteroatoms. The molecule has 31 heavy (non-hydrogen) atoms. The zero-order valence-corrected chi connectivity index (χ0v) is 16.6. The van der Waals surface area contributed by atoms with Crippen LogP contribution in [0.3, 0.4) is 0 Å². The van der Waals surface area contributed by atoms with Crippen molar-refractivity contribution in [3.05, 3.63) is 48.3 Å². The van der Waals surface area contributed by atoms with Gasteiger partial charge >= 0.3 is 12.4 Å². The molecule has 0 atom stereocenters. The van der Waals surface area contributed by atoms with Crippen molar-refractivity contribution in [3.63, 3.8) is 0 Å². The number of aromatic nitrogens is 1. The van der Waals surface area contributed by atoms with Crippen LogP contribution in [0.5, 0.6) is 5.75 Å². The van der Waals surface area contributed by atoms with Crippen LogP contribution in [-0.4, -0.2) is 47.8 Å². The first kappa shape index (κ1) is 21.0. The summed E-state index contributed by atoms with van der Waals surface area (Å²) < 4.78 is 40.8. The highest BCUT2D eigenvalue weighted by Crippen LogP contribution is 2.29. The van der Waals surface area contributed by atoms with Gasteiger partial charge in [-0.3, -0.25) is 9.78 Å². The number of rotatable bonds is 5. The monoisotopic (exact) mass is 434 g/mol. The zero-order chi connectivity index (χ0) is 22.0. The molecule has 0 unspecified atom stereocenters. The van der Waals surface area contributed by atoms with Crippen molar-refractivity contribution in [3.8, 4) is 5.75 Å². The summed E-state index contributed by atoms with van der Waals surface area (Å²) in [6.07, 6.45) is 2.00. The molecule has 2 fully saturated rings. The first-order valence-corrected chi connectivity index (χ1v) is 9.97.